The standard InChI is InChI=1S/C23H29N5O5S/c1-14-19(15(2)32-26-14)34(30,31)28-12-10-17(11-13-28)21(29)24-18-8-6-16(7-9-18)20-25-22(33-27-20)23(3,4)5/h6-9,17H,10-13H2,1-5H3,(H,24,29). The quantitative estimate of drug-likeness (QED) is 0.576. The van der Waals surface area contributed by atoms with Crippen LogP contribution in [0.25, 0.3) is 11.4 Å². The van der Waals surface area contributed by atoms with Crippen LogP contribution in [-0.2, 0) is 20.2 Å². The molecule has 0 radical (unpaired) electrons. The summed E-state index contributed by atoms with van der Waals surface area (Å²) in [5, 5.41) is 10.7. The number of nitrogens with zero attached hydrogens (tertiary/aromatic N) is 4. The first-order valence-electron chi connectivity index (χ1n) is 11.2. The first kappa shape index (κ1) is 24.1. The predicted molar refractivity (Wildman–Crippen MR) is 125 cm³/mol. The molecule has 0 bridgehead atoms. The van der Waals surface area contributed by atoms with E-state index in [2.05, 4.69) is 20.6 Å². The van der Waals surface area contributed by atoms with E-state index in [1.807, 2.05) is 32.9 Å². The van der Waals surface area contributed by atoms with Crippen LogP contribution in [0.3, 0.4) is 0 Å². The first-order chi connectivity index (χ1) is 16.0. The Balaban J connectivity index is 1.36. The second-order valence-electron chi connectivity index (χ2n) is 9.57. The molecule has 0 unspecified atom stereocenters. The molecule has 182 valence electrons. The van der Waals surface area contributed by atoms with Crippen molar-refractivity contribution in [1.29, 1.82) is 0 Å². The number of amides is 1. The number of anilines is 1. The van der Waals surface area contributed by atoms with Crippen LogP contribution in [-0.4, -0.2) is 47.0 Å². The second-order valence-corrected chi connectivity index (χ2v) is 11.4. The molecule has 11 heteroatoms. The van der Waals surface area contributed by atoms with Gasteiger partial charge in [0.25, 0.3) is 0 Å². The third-order valence-electron chi connectivity index (χ3n) is 5.87. The summed E-state index contributed by atoms with van der Waals surface area (Å²) in [5.74, 6) is 0.924. The molecule has 2 aromatic heterocycles. The number of sulfonamides is 1. The van der Waals surface area contributed by atoms with Crippen LogP contribution in [0.5, 0.6) is 0 Å². The van der Waals surface area contributed by atoms with E-state index in [9.17, 15) is 13.2 Å². The summed E-state index contributed by atoms with van der Waals surface area (Å²) < 4.78 is 37.7. The number of hydrogen-bond donors (Lipinski definition) is 1. The molecular formula is C23H29N5O5S. The van der Waals surface area contributed by atoms with Crippen molar-refractivity contribution >= 4 is 21.6 Å². The zero-order valence-corrected chi connectivity index (χ0v) is 20.8. The van der Waals surface area contributed by atoms with Gasteiger partial charge in [0.15, 0.2) is 5.76 Å². The third-order valence-corrected chi connectivity index (χ3v) is 8.01. The minimum atomic E-state index is -3.70. The van der Waals surface area contributed by atoms with Gasteiger partial charge in [0, 0.05) is 35.7 Å². The maximum absolute atomic E-state index is 13.0. The summed E-state index contributed by atoms with van der Waals surface area (Å²) in [6.45, 7) is 9.71. The molecule has 1 fully saturated rings. The molecule has 3 heterocycles. The Morgan fingerprint density at radius 3 is 2.24 bits per heavy atom. The van der Waals surface area contributed by atoms with Crippen LogP contribution in [0.2, 0.25) is 0 Å². The Kier molecular flexibility index (Phi) is 6.34. The number of benzene rings is 1. The number of aromatic nitrogens is 3. The molecular weight excluding hydrogens is 458 g/mol. The van der Waals surface area contributed by atoms with Crippen molar-refractivity contribution in [1.82, 2.24) is 19.6 Å². The molecule has 1 N–H and O–H groups in total. The van der Waals surface area contributed by atoms with Gasteiger partial charge in [0.1, 0.15) is 10.6 Å². The number of carbonyl (C=O) groups excluding carboxylic acids is 1. The van der Waals surface area contributed by atoms with Crippen LogP contribution < -0.4 is 5.32 Å². The van der Waals surface area contributed by atoms with E-state index in [0.717, 1.165) is 5.56 Å². The number of nitrogens with one attached hydrogen (secondary N) is 1. The van der Waals surface area contributed by atoms with Crippen LogP contribution in [0.1, 0.15) is 51.0 Å². The van der Waals surface area contributed by atoms with E-state index in [-0.39, 0.29) is 41.0 Å². The summed E-state index contributed by atoms with van der Waals surface area (Å²) in [6, 6.07) is 7.23. The molecule has 1 saturated heterocycles. The van der Waals surface area contributed by atoms with Crippen LogP contribution in [0.4, 0.5) is 5.69 Å². The number of aryl methyl sites for hydroxylation is 2. The van der Waals surface area contributed by atoms with Gasteiger partial charge in [-0.25, -0.2) is 8.42 Å². The Morgan fingerprint density at radius 1 is 1.06 bits per heavy atom. The highest BCUT2D eigenvalue weighted by Crippen LogP contribution is 2.29. The average molecular weight is 488 g/mol. The first-order valence-corrected chi connectivity index (χ1v) is 12.6. The molecule has 4 rings (SSSR count). The maximum Gasteiger partial charge on any atom is 0.248 e. The van der Waals surface area contributed by atoms with Crippen molar-refractivity contribution in [3.63, 3.8) is 0 Å². The fraction of sp³-hybridized carbons (Fsp3) is 0.478. The lowest BCUT2D eigenvalue weighted by molar-refractivity contribution is -0.120. The number of carbonyl (C=O) groups is 1. The van der Waals surface area contributed by atoms with E-state index in [0.29, 0.717) is 35.9 Å². The van der Waals surface area contributed by atoms with Crippen LogP contribution in [0.15, 0.2) is 38.2 Å². The minimum Gasteiger partial charge on any atom is -0.360 e. The van der Waals surface area contributed by atoms with Gasteiger partial charge in [0.2, 0.25) is 27.6 Å². The summed E-state index contributed by atoms with van der Waals surface area (Å²) in [6.07, 6.45) is 0.871. The zero-order valence-electron chi connectivity index (χ0n) is 20.0. The lowest BCUT2D eigenvalue weighted by atomic mass is 9.97. The maximum atomic E-state index is 13.0. The van der Waals surface area contributed by atoms with Crippen LogP contribution in [0, 0.1) is 19.8 Å². The minimum absolute atomic E-state index is 0.117. The molecule has 10 nitrogen and oxygen atoms in total. The highest BCUT2D eigenvalue weighted by Gasteiger charge is 2.35. The van der Waals surface area contributed by atoms with E-state index in [4.69, 9.17) is 9.05 Å². The van der Waals surface area contributed by atoms with Gasteiger partial charge < -0.3 is 14.4 Å². The normalized spacial score (nSPS) is 16.0. The molecule has 0 atom stereocenters. The fourth-order valence-corrected chi connectivity index (χ4v) is 5.68. The second kappa shape index (κ2) is 8.95. The van der Waals surface area contributed by atoms with Crippen LogP contribution >= 0.6 is 0 Å². The monoisotopic (exact) mass is 487 g/mol. The molecule has 1 amide bonds. The molecule has 3 aromatic rings. The average Bonchev–Trinajstić information content (AvgIpc) is 3.41. The van der Waals surface area contributed by atoms with Crippen molar-refractivity contribution in [2.75, 3.05) is 18.4 Å². The zero-order chi connectivity index (χ0) is 24.7. The summed E-state index contributed by atoms with van der Waals surface area (Å²) in [4.78, 5) is 17.3. The van der Waals surface area contributed by atoms with E-state index in [1.54, 1.807) is 26.0 Å². The lowest BCUT2D eigenvalue weighted by Gasteiger charge is -2.30. The fourth-order valence-electron chi connectivity index (χ4n) is 3.92. The van der Waals surface area contributed by atoms with Gasteiger partial charge in [-0.3, -0.25) is 4.79 Å². The van der Waals surface area contributed by atoms with Crippen molar-refractivity contribution < 1.29 is 22.3 Å². The molecule has 0 spiro atoms. The van der Waals surface area contributed by atoms with E-state index >= 15 is 0 Å². The van der Waals surface area contributed by atoms with Gasteiger partial charge in [-0.15, -0.1) is 0 Å². The van der Waals surface area contributed by atoms with Crippen molar-refractivity contribution in [2.24, 2.45) is 5.92 Å². The number of piperidine rings is 1. The van der Waals surface area contributed by atoms with E-state index < -0.39 is 10.0 Å². The Morgan fingerprint density at radius 2 is 1.71 bits per heavy atom. The number of hydrogen-bond acceptors (Lipinski definition) is 8. The van der Waals surface area contributed by atoms with Gasteiger partial charge in [0.05, 0.1) is 0 Å². The van der Waals surface area contributed by atoms with Gasteiger partial charge in [-0.1, -0.05) is 31.1 Å². The topological polar surface area (TPSA) is 131 Å². The third kappa shape index (κ3) is 4.76. The largest absolute Gasteiger partial charge is 0.360 e. The molecule has 0 aliphatic carbocycles. The van der Waals surface area contributed by atoms with Crippen molar-refractivity contribution in [3.8, 4) is 11.4 Å². The van der Waals surface area contributed by atoms with Gasteiger partial charge in [-0.2, -0.15) is 9.29 Å². The Hall–Kier alpha value is -3.05. The molecule has 1 aromatic carbocycles. The molecule has 0 saturated carbocycles. The highest BCUT2D eigenvalue weighted by molar-refractivity contribution is 7.89. The summed E-state index contributed by atoms with van der Waals surface area (Å²) in [7, 11) is -3.70. The molecule has 1 aliphatic heterocycles. The van der Waals surface area contributed by atoms with Gasteiger partial charge in [-0.05, 0) is 51.0 Å². The molecule has 1 aliphatic rings. The predicted octanol–water partition coefficient (Wildman–Crippen LogP) is 3.68. The summed E-state index contributed by atoms with van der Waals surface area (Å²) in [5.41, 5.74) is 1.55. The van der Waals surface area contributed by atoms with Crippen molar-refractivity contribution in [2.45, 2.75) is 57.8 Å². The SMILES string of the molecule is Cc1noc(C)c1S(=O)(=O)N1CCC(C(=O)Nc2ccc(-c3noc(C(C)(C)C)n3)cc2)CC1. The van der Waals surface area contributed by atoms with E-state index in [1.165, 1.54) is 4.31 Å². The lowest BCUT2D eigenvalue weighted by Crippen LogP contribution is -2.41. The highest BCUT2D eigenvalue weighted by atomic mass is 32.2. The Bertz CT molecular complexity index is 1260. The number of rotatable bonds is 5. The summed E-state index contributed by atoms with van der Waals surface area (Å²) >= 11 is 0. The smallest absolute Gasteiger partial charge is 0.248 e. The van der Waals surface area contributed by atoms with Crippen molar-refractivity contribution in [3.05, 3.63) is 41.6 Å². The molecule has 34 heavy (non-hydrogen) atoms. The Labute approximate surface area is 198 Å². The van der Waals surface area contributed by atoms with Gasteiger partial charge >= 0.3 is 0 Å².